The minimum absolute atomic E-state index is 0.222. The van der Waals surface area contributed by atoms with Crippen LogP contribution in [0.5, 0.6) is 0 Å². The first kappa shape index (κ1) is 17.8. The fraction of sp³-hybridized carbons (Fsp3) is 0.143. The van der Waals surface area contributed by atoms with Crippen molar-refractivity contribution in [3.05, 3.63) is 71.9 Å². The molecule has 28 heavy (non-hydrogen) atoms. The van der Waals surface area contributed by atoms with Gasteiger partial charge in [-0.05, 0) is 50.2 Å². The van der Waals surface area contributed by atoms with Gasteiger partial charge in [0.05, 0.1) is 40.6 Å². The van der Waals surface area contributed by atoms with Crippen LogP contribution in [0.25, 0.3) is 28.4 Å². The SMILES string of the molecule is CC(C)(O)c1ccn2c(-c3cccc(-c4ccc(F)cc4C#N)n3)cnc2n1. The average molecular weight is 373 g/mol. The predicted molar refractivity (Wildman–Crippen MR) is 102 cm³/mol. The lowest BCUT2D eigenvalue weighted by atomic mass is 10.0. The second-order valence-electron chi connectivity index (χ2n) is 6.90. The molecular formula is C21H16FN5O. The van der Waals surface area contributed by atoms with Crippen LogP contribution in [0.4, 0.5) is 4.39 Å². The van der Waals surface area contributed by atoms with E-state index in [-0.39, 0.29) is 5.56 Å². The number of benzene rings is 1. The number of nitriles is 1. The number of rotatable bonds is 3. The van der Waals surface area contributed by atoms with Gasteiger partial charge in [0.1, 0.15) is 11.4 Å². The normalized spacial score (nSPS) is 11.5. The molecule has 4 rings (SSSR count). The number of imidazole rings is 1. The van der Waals surface area contributed by atoms with Gasteiger partial charge in [0, 0.05) is 11.8 Å². The van der Waals surface area contributed by atoms with Crippen molar-refractivity contribution in [2.75, 3.05) is 0 Å². The fourth-order valence-electron chi connectivity index (χ4n) is 2.96. The van der Waals surface area contributed by atoms with Crippen molar-refractivity contribution >= 4 is 5.78 Å². The Balaban J connectivity index is 1.82. The van der Waals surface area contributed by atoms with Crippen LogP contribution >= 0.6 is 0 Å². The monoisotopic (exact) mass is 373 g/mol. The standard InChI is InChI=1S/C21H16FN5O/c1-21(2,28)19-8-9-27-18(12-24-20(27)26-19)17-5-3-4-16(25-17)15-7-6-14(22)10-13(15)11-23/h3-10,12,28H,1-2H3. The van der Waals surface area contributed by atoms with Gasteiger partial charge in [-0.15, -0.1) is 0 Å². The summed E-state index contributed by atoms with van der Waals surface area (Å²) in [7, 11) is 0. The van der Waals surface area contributed by atoms with E-state index in [1.807, 2.05) is 18.2 Å². The zero-order valence-corrected chi connectivity index (χ0v) is 15.3. The molecule has 1 aromatic carbocycles. The summed E-state index contributed by atoms with van der Waals surface area (Å²) < 4.78 is 15.2. The van der Waals surface area contributed by atoms with E-state index in [2.05, 4.69) is 15.0 Å². The third-order valence-electron chi connectivity index (χ3n) is 4.40. The maximum absolute atomic E-state index is 13.4. The molecule has 3 aromatic heterocycles. The molecular weight excluding hydrogens is 357 g/mol. The van der Waals surface area contributed by atoms with Crippen LogP contribution in [0.1, 0.15) is 25.1 Å². The van der Waals surface area contributed by atoms with E-state index in [0.717, 1.165) is 0 Å². The molecule has 7 heteroatoms. The molecule has 0 atom stereocenters. The quantitative estimate of drug-likeness (QED) is 0.592. The predicted octanol–water partition coefficient (Wildman–Crippen LogP) is 3.70. The van der Waals surface area contributed by atoms with E-state index >= 15 is 0 Å². The molecule has 0 amide bonds. The maximum atomic E-state index is 13.4. The van der Waals surface area contributed by atoms with Crippen LogP contribution in [0.15, 0.2) is 54.9 Å². The van der Waals surface area contributed by atoms with Crippen molar-refractivity contribution in [2.45, 2.75) is 19.4 Å². The Kier molecular flexibility index (Phi) is 4.13. The molecule has 0 fully saturated rings. The maximum Gasteiger partial charge on any atom is 0.234 e. The van der Waals surface area contributed by atoms with E-state index < -0.39 is 11.4 Å². The lowest BCUT2D eigenvalue weighted by molar-refractivity contribution is 0.0739. The molecule has 0 aliphatic heterocycles. The highest BCUT2D eigenvalue weighted by Crippen LogP contribution is 2.26. The zero-order valence-electron chi connectivity index (χ0n) is 15.3. The summed E-state index contributed by atoms with van der Waals surface area (Å²) in [6.07, 6.45) is 3.43. The fourth-order valence-corrected chi connectivity index (χ4v) is 2.96. The van der Waals surface area contributed by atoms with Crippen LogP contribution in [0.2, 0.25) is 0 Å². The Bertz CT molecular complexity index is 1230. The smallest absolute Gasteiger partial charge is 0.234 e. The number of halogens is 1. The van der Waals surface area contributed by atoms with Crippen molar-refractivity contribution in [1.29, 1.82) is 5.26 Å². The number of hydrogen-bond acceptors (Lipinski definition) is 5. The van der Waals surface area contributed by atoms with Gasteiger partial charge in [0.25, 0.3) is 0 Å². The van der Waals surface area contributed by atoms with Gasteiger partial charge in [-0.2, -0.15) is 5.26 Å². The summed E-state index contributed by atoms with van der Waals surface area (Å²) in [4.78, 5) is 13.3. The molecule has 138 valence electrons. The lowest BCUT2D eigenvalue weighted by Gasteiger charge is -2.16. The minimum Gasteiger partial charge on any atom is -0.384 e. The molecule has 0 bridgehead atoms. The van der Waals surface area contributed by atoms with Crippen LogP contribution in [0.3, 0.4) is 0 Å². The molecule has 1 N–H and O–H groups in total. The first-order valence-corrected chi connectivity index (χ1v) is 8.61. The Morgan fingerprint density at radius 1 is 1.11 bits per heavy atom. The highest BCUT2D eigenvalue weighted by Gasteiger charge is 2.19. The lowest BCUT2D eigenvalue weighted by Crippen LogP contribution is -2.18. The molecule has 0 saturated heterocycles. The van der Waals surface area contributed by atoms with E-state index in [4.69, 9.17) is 0 Å². The van der Waals surface area contributed by atoms with Crippen molar-refractivity contribution < 1.29 is 9.50 Å². The van der Waals surface area contributed by atoms with Crippen molar-refractivity contribution in [3.8, 4) is 28.7 Å². The molecule has 0 aliphatic carbocycles. The van der Waals surface area contributed by atoms with Crippen molar-refractivity contribution in [1.82, 2.24) is 19.4 Å². The second-order valence-corrected chi connectivity index (χ2v) is 6.90. The molecule has 6 nitrogen and oxygen atoms in total. The Morgan fingerprint density at radius 3 is 2.64 bits per heavy atom. The molecule has 0 spiro atoms. The number of aromatic nitrogens is 4. The first-order chi connectivity index (χ1) is 13.4. The van der Waals surface area contributed by atoms with Crippen molar-refractivity contribution in [2.24, 2.45) is 0 Å². The van der Waals surface area contributed by atoms with Gasteiger partial charge in [-0.3, -0.25) is 4.40 Å². The van der Waals surface area contributed by atoms with E-state index in [1.165, 1.54) is 12.1 Å². The largest absolute Gasteiger partial charge is 0.384 e. The number of aliphatic hydroxyl groups is 1. The summed E-state index contributed by atoms with van der Waals surface area (Å²) in [6, 6.07) is 13.2. The number of hydrogen-bond donors (Lipinski definition) is 1. The zero-order chi connectivity index (χ0) is 19.9. The highest BCUT2D eigenvalue weighted by molar-refractivity contribution is 5.70. The third-order valence-corrected chi connectivity index (χ3v) is 4.40. The number of nitrogens with zero attached hydrogens (tertiary/aromatic N) is 5. The minimum atomic E-state index is -1.07. The van der Waals surface area contributed by atoms with Gasteiger partial charge < -0.3 is 5.11 Å². The summed E-state index contributed by atoms with van der Waals surface area (Å²) in [5, 5.41) is 19.4. The molecule has 0 radical (unpaired) electrons. The van der Waals surface area contributed by atoms with E-state index in [1.54, 1.807) is 48.8 Å². The number of pyridine rings is 1. The van der Waals surface area contributed by atoms with Crippen molar-refractivity contribution in [3.63, 3.8) is 0 Å². The van der Waals surface area contributed by atoms with Gasteiger partial charge in [-0.1, -0.05) is 6.07 Å². The molecule has 4 aromatic rings. The van der Waals surface area contributed by atoms with E-state index in [0.29, 0.717) is 34.1 Å². The van der Waals surface area contributed by atoms with Crippen LogP contribution in [0, 0.1) is 17.1 Å². The molecule has 0 saturated carbocycles. The average Bonchev–Trinajstić information content (AvgIpc) is 3.10. The molecule has 0 unspecified atom stereocenters. The topological polar surface area (TPSA) is 87.1 Å². The summed E-state index contributed by atoms with van der Waals surface area (Å²) in [5.41, 5.74) is 2.14. The van der Waals surface area contributed by atoms with Gasteiger partial charge in [0.15, 0.2) is 0 Å². The number of fused-ring (bicyclic) bond motifs is 1. The van der Waals surface area contributed by atoms with Crippen LogP contribution in [-0.4, -0.2) is 24.5 Å². The van der Waals surface area contributed by atoms with E-state index in [9.17, 15) is 14.8 Å². The highest BCUT2D eigenvalue weighted by atomic mass is 19.1. The van der Waals surface area contributed by atoms with Gasteiger partial charge >= 0.3 is 0 Å². The molecule has 3 heterocycles. The summed E-state index contributed by atoms with van der Waals surface area (Å²) in [5.74, 6) is -0.0201. The second kappa shape index (κ2) is 6.51. The van der Waals surface area contributed by atoms with Crippen LogP contribution < -0.4 is 0 Å². The van der Waals surface area contributed by atoms with Gasteiger partial charge in [-0.25, -0.2) is 19.3 Å². The van der Waals surface area contributed by atoms with Gasteiger partial charge in [0.2, 0.25) is 5.78 Å². The Hall–Kier alpha value is -3.63. The summed E-state index contributed by atoms with van der Waals surface area (Å²) in [6.45, 7) is 3.33. The summed E-state index contributed by atoms with van der Waals surface area (Å²) >= 11 is 0. The molecule has 0 aliphatic rings. The Labute approximate surface area is 160 Å². The third kappa shape index (κ3) is 3.10. The Morgan fingerprint density at radius 2 is 1.89 bits per heavy atom. The van der Waals surface area contributed by atoms with Crippen LogP contribution in [-0.2, 0) is 5.60 Å². The first-order valence-electron chi connectivity index (χ1n) is 8.61.